The number of nitrogens with one attached hydrogen (secondary N) is 1. The Kier molecular flexibility index (Phi) is 4.60. The van der Waals surface area contributed by atoms with Crippen LogP contribution in [0.25, 0.3) is 0 Å². The molecule has 0 radical (unpaired) electrons. The Morgan fingerprint density at radius 2 is 1.85 bits per heavy atom. The first-order valence-corrected chi connectivity index (χ1v) is 6.88. The lowest BCUT2D eigenvalue weighted by molar-refractivity contribution is -0.137. The Bertz CT molecular complexity index is 614. The first-order chi connectivity index (χ1) is 9.36. The molecule has 2 rings (SSSR count). The summed E-state index contributed by atoms with van der Waals surface area (Å²) in [6, 6.07) is 10.5. The number of rotatable bonds is 3. The third-order valence-electron chi connectivity index (χ3n) is 2.67. The van der Waals surface area contributed by atoms with Crippen molar-refractivity contribution in [1.82, 2.24) is 0 Å². The van der Waals surface area contributed by atoms with E-state index in [1.165, 1.54) is 6.07 Å². The van der Waals surface area contributed by atoms with Gasteiger partial charge in [-0.05, 0) is 51.8 Å². The van der Waals surface area contributed by atoms with Gasteiger partial charge in [-0.1, -0.05) is 23.7 Å². The lowest BCUT2D eigenvalue weighted by Gasteiger charge is -2.11. The minimum absolute atomic E-state index is 0.414. The van der Waals surface area contributed by atoms with Gasteiger partial charge < -0.3 is 5.32 Å². The molecule has 0 heterocycles. The van der Waals surface area contributed by atoms with Crippen LogP contribution in [0.1, 0.15) is 11.1 Å². The molecular weight excluding hydrogens is 355 g/mol. The predicted octanol–water partition coefficient (Wildman–Crippen LogP) is 5.73. The van der Waals surface area contributed by atoms with Crippen LogP contribution in [-0.4, -0.2) is 0 Å². The van der Waals surface area contributed by atoms with Crippen LogP contribution in [0.3, 0.4) is 0 Å². The summed E-state index contributed by atoms with van der Waals surface area (Å²) in [5.41, 5.74) is 0.671. The average molecular weight is 365 g/mol. The molecule has 2 aromatic rings. The summed E-state index contributed by atoms with van der Waals surface area (Å²) in [5.74, 6) is 0. The van der Waals surface area contributed by atoms with Crippen molar-refractivity contribution in [2.45, 2.75) is 12.7 Å². The topological polar surface area (TPSA) is 12.0 Å². The summed E-state index contributed by atoms with van der Waals surface area (Å²) in [6.45, 7) is 0.414. The summed E-state index contributed by atoms with van der Waals surface area (Å²) >= 11 is 9.18. The minimum Gasteiger partial charge on any atom is -0.381 e. The molecule has 20 heavy (non-hydrogen) atoms. The van der Waals surface area contributed by atoms with E-state index in [0.717, 1.165) is 22.2 Å². The van der Waals surface area contributed by atoms with E-state index < -0.39 is 11.7 Å². The Morgan fingerprint density at radius 3 is 2.50 bits per heavy atom. The van der Waals surface area contributed by atoms with Crippen molar-refractivity contribution in [2.24, 2.45) is 0 Å². The molecule has 0 fully saturated rings. The molecule has 106 valence electrons. The second kappa shape index (κ2) is 6.06. The van der Waals surface area contributed by atoms with Crippen LogP contribution < -0.4 is 5.32 Å². The predicted molar refractivity (Wildman–Crippen MR) is 77.9 cm³/mol. The zero-order chi connectivity index (χ0) is 14.8. The summed E-state index contributed by atoms with van der Waals surface area (Å²) in [5, 5.41) is 3.55. The summed E-state index contributed by atoms with van der Waals surface area (Å²) < 4.78 is 38.5. The van der Waals surface area contributed by atoms with Gasteiger partial charge in [0.15, 0.2) is 0 Å². The molecular formula is C14H10BrClF3N. The summed E-state index contributed by atoms with van der Waals surface area (Å²) in [6.07, 6.45) is -4.33. The molecule has 0 aliphatic rings. The Labute approximate surface area is 127 Å². The van der Waals surface area contributed by atoms with Gasteiger partial charge in [-0.15, -0.1) is 0 Å². The van der Waals surface area contributed by atoms with Gasteiger partial charge in [-0.25, -0.2) is 0 Å². The van der Waals surface area contributed by atoms with E-state index in [1.807, 2.05) is 12.1 Å². The maximum Gasteiger partial charge on any atom is 0.416 e. The third kappa shape index (κ3) is 3.90. The van der Waals surface area contributed by atoms with Crippen molar-refractivity contribution in [3.63, 3.8) is 0 Å². The Morgan fingerprint density at radius 1 is 1.10 bits per heavy atom. The SMILES string of the molecule is FC(F)(F)c1cccc(NCc2ccc(Cl)c(Br)c2)c1. The highest BCUT2D eigenvalue weighted by molar-refractivity contribution is 9.10. The lowest BCUT2D eigenvalue weighted by Crippen LogP contribution is -2.06. The van der Waals surface area contributed by atoms with E-state index in [4.69, 9.17) is 11.6 Å². The molecule has 0 saturated heterocycles. The van der Waals surface area contributed by atoms with Crippen LogP contribution in [0.4, 0.5) is 18.9 Å². The summed E-state index contributed by atoms with van der Waals surface area (Å²) in [4.78, 5) is 0. The molecule has 0 spiro atoms. The van der Waals surface area contributed by atoms with Crippen LogP contribution in [0, 0.1) is 0 Å². The molecule has 0 saturated carbocycles. The van der Waals surface area contributed by atoms with Gasteiger partial charge in [-0.3, -0.25) is 0 Å². The smallest absolute Gasteiger partial charge is 0.381 e. The zero-order valence-corrected chi connectivity index (χ0v) is 12.5. The molecule has 0 atom stereocenters. The number of halogens is 5. The largest absolute Gasteiger partial charge is 0.416 e. The molecule has 0 aliphatic carbocycles. The molecule has 2 aromatic carbocycles. The number of hydrogen-bond donors (Lipinski definition) is 1. The highest BCUT2D eigenvalue weighted by Gasteiger charge is 2.30. The van der Waals surface area contributed by atoms with Crippen molar-refractivity contribution >= 4 is 33.2 Å². The molecule has 0 bridgehead atoms. The van der Waals surface area contributed by atoms with Crippen LogP contribution >= 0.6 is 27.5 Å². The second-order valence-electron chi connectivity index (χ2n) is 4.18. The molecule has 1 N–H and O–H groups in total. The molecule has 0 unspecified atom stereocenters. The van der Waals surface area contributed by atoms with Gasteiger partial charge in [0.2, 0.25) is 0 Å². The van der Waals surface area contributed by atoms with Crippen LogP contribution in [0.2, 0.25) is 5.02 Å². The quantitative estimate of drug-likeness (QED) is 0.733. The first kappa shape index (κ1) is 15.2. The van der Waals surface area contributed by atoms with Crippen LogP contribution in [0.15, 0.2) is 46.9 Å². The van der Waals surface area contributed by atoms with Crippen molar-refractivity contribution in [2.75, 3.05) is 5.32 Å². The van der Waals surface area contributed by atoms with E-state index in [0.29, 0.717) is 17.3 Å². The fourth-order valence-electron chi connectivity index (χ4n) is 1.66. The first-order valence-electron chi connectivity index (χ1n) is 5.71. The normalized spacial score (nSPS) is 11.4. The van der Waals surface area contributed by atoms with Gasteiger partial charge in [0.1, 0.15) is 0 Å². The Balaban J connectivity index is 2.09. The standard InChI is InChI=1S/C14H10BrClF3N/c15-12-6-9(4-5-13(12)16)8-20-11-3-1-2-10(7-11)14(17,18)19/h1-7,20H,8H2. The number of anilines is 1. The van der Waals surface area contributed by atoms with E-state index in [2.05, 4.69) is 21.2 Å². The van der Waals surface area contributed by atoms with Gasteiger partial charge in [-0.2, -0.15) is 13.2 Å². The van der Waals surface area contributed by atoms with Gasteiger partial charge in [0.05, 0.1) is 10.6 Å². The highest BCUT2D eigenvalue weighted by Crippen LogP contribution is 2.31. The van der Waals surface area contributed by atoms with Crippen LogP contribution in [0.5, 0.6) is 0 Å². The molecule has 0 aliphatic heterocycles. The van der Waals surface area contributed by atoms with Crippen molar-refractivity contribution in [3.8, 4) is 0 Å². The fraction of sp³-hybridized carbons (Fsp3) is 0.143. The van der Waals surface area contributed by atoms with Crippen LogP contribution in [-0.2, 0) is 12.7 Å². The zero-order valence-electron chi connectivity index (χ0n) is 10.1. The monoisotopic (exact) mass is 363 g/mol. The van der Waals surface area contributed by atoms with Gasteiger partial charge in [0, 0.05) is 16.7 Å². The van der Waals surface area contributed by atoms with E-state index >= 15 is 0 Å². The van der Waals surface area contributed by atoms with Gasteiger partial charge in [0.25, 0.3) is 0 Å². The lowest BCUT2D eigenvalue weighted by atomic mass is 10.2. The minimum atomic E-state index is -4.33. The number of benzene rings is 2. The summed E-state index contributed by atoms with van der Waals surface area (Å²) in [7, 11) is 0. The number of hydrogen-bond acceptors (Lipinski definition) is 1. The molecule has 1 nitrogen and oxygen atoms in total. The van der Waals surface area contributed by atoms with Crippen molar-refractivity contribution in [3.05, 3.63) is 63.1 Å². The molecule has 0 amide bonds. The third-order valence-corrected chi connectivity index (χ3v) is 3.88. The fourth-order valence-corrected chi connectivity index (χ4v) is 2.20. The van der Waals surface area contributed by atoms with Crippen molar-refractivity contribution in [1.29, 1.82) is 0 Å². The van der Waals surface area contributed by atoms with E-state index in [-0.39, 0.29) is 0 Å². The number of alkyl halides is 3. The van der Waals surface area contributed by atoms with Gasteiger partial charge >= 0.3 is 6.18 Å². The Hall–Kier alpha value is -1.20. The van der Waals surface area contributed by atoms with E-state index in [1.54, 1.807) is 12.1 Å². The van der Waals surface area contributed by atoms with Crippen molar-refractivity contribution < 1.29 is 13.2 Å². The van der Waals surface area contributed by atoms with E-state index in [9.17, 15) is 13.2 Å². The maximum atomic E-state index is 12.6. The average Bonchev–Trinajstić information content (AvgIpc) is 2.39. The second-order valence-corrected chi connectivity index (χ2v) is 5.44. The highest BCUT2D eigenvalue weighted by atomic mass is 79.9. The molecule has 0 aromatic heterocycles. The molecule has 6 heteroatoms. The maximum absolute atomic E-state index is 12.6.